The second-order valence-electron chi connectivity index (χ2n) is 7.29. The van der Waals surface area contributed by atoms with Crippen LogP contribution in [0.2, 0.25) is 5.02 Å². The van der Waals surface area contributed by atoms with E-state index < -0.39 is 17.9 Å². The molecule has 0 aliphatic carbocycles. The number of nitrogens with zero attached hydrogens (tertiary/aromatic N) is 4. The summed E-state index contributed by atoms with van der Waals surface area (Å²) >= 11 is 12.3. The predicted molar refractivity (Wildman–Crippen MR) is 121 cm³/mol. The molecule has 2 amide bonds. The smallest absolute Gasteiger partial charge is 0.253 e. The molecule has 0 bridgehead atoms. The number of hydrogen-bond acceptors (Lipinski definition) is 6. The van der Waals surface area contributed by atoms with Crippen molar-refractivity contribution in [1.29, 1.82) is 5.26 Å². The summed E-state index contributed by atoms with van der Waals surface area (Å²) in [5, 5.41) is 21.0. The minimum Gasteiger partial charge on any atom is -0.350 e. The lowest BCUT2D eigenvalue weighted by Crippen LogP contribution is -2.40. The van der Waals surface area contributed by atoms with Crippen molar-refractivity contribution in [3.8, 4) is 6.07 Å². The Balaban J connectivity index is 1.95. The largest absolute Gasteiger partial charge is 0.350 e. The van der Waals surface area contributed by atoms with Crippen molar-refractivity contribution < 1.29 is 9.59 Å². The van der Waals surface area contributed by atoms with E-state index in [-0.39, 0.29) is 23.2 Å². The molecule has 0 radical (unpaired) electrons. The van der Waals surface area contributed by atoms with Crippen molar-refractivity contribution >= 4 is 51.7 Å². The van der Waals surface area contributed by atoms with Crippen LogP contribution in [0.15, 0.2) is 35.6 Å². The van der Waals surface area contributed by atoms with E-state index in [2.05, 4.69) is 20.7 Å². The van der Waals surface area contributed by atoms with Gasteiger partial charge in [0.25, 0.3) is 5.91 Å². The van der Waals surface area contributed by atoms with E-state index in [4.69, 9.17) is 23.2 Å². The minimum absolute atomic E-state index is 0.120. The van der Waals surface area contributed by atoms with Crippen LogP contribution in [0.1, 0.15) is 41.8 Å². The van der Waals surface area contributed by atoms with Crippen molar-refractivity contribution in [3.63, 3.8) is 0 Å². The third-order valence-electron chi connectivity index (χ3n) is 4.51. The number of nitriles is 1. The van der Waals surface area contributed by atoms with Gasteiger partial charge in [-0.3, -0.25) is 9.59 Å². The highest BCUT2D eigenvalue weighted by Crippen LogP contribution is 2.31. The van der Waals surface area contributed by atoms with Crippen molar-refractivity contribution in [2.45, 2.75) is 39.3 Å². The van der Waals surface area contributed by atoms with E-state index in [0.717, 1.165) is 0 Å². The first-order valence-electron chi connectivity index (χ1n) is 9.50. The number of aromatic nitrogens is 1. The van der Waals surface area contributed by atoms with Gasteiger partial charge < -0.3 is 10.6 Å². The monoisotopic (exact) mass is 458 g/mol. The van der Waals surface area contributed by atoms with Gasteiger partial charge in [0.05, 0.1) is 27.9 Å². The number of rotatable bonds is 5. The number of carbonyl (C=O) groups is 2. The Morgan fingerprint density at radius 3 is 2.71 bits per heavy atom. The molecule has 1 aliphatic heterocycles. The number of hydrogen-bond donors (Lipinski definition) is 2. The van der Waals surface area contributed by atoms with E-state index >= 15 is 0 Å². The summed E-state index contributed by atoms with van der Waals surface area (Å²) in [6.45, 7) is 5.36. The van der Waals surface area contributed by atoms with Crippen molar-refractivity contribution in [2.24, 2.45) is 5.10 Å². The van der Waals surface area contributed by atoms with E-state index in [1.807, 2.05) is 19.9 Å². The molecule has 1 aromatic carbocycles. The number of amides is 2. The van der Waals surface area contributed by atoms with Crippen LogP contribution in [0.25, 0.3) is 0 Å². The highest BCUT2D eigenvalue weighted by atomic mass is 35.5. The number of carbonyl (C=O) groups excluding carboxylic acids is 2. The molecule has 0 saturated carbocycles. The molecule has 160 valence electrons. The number of anilines is 2. The van der Waals surface area contributed by atoms with Gasteiger partial charge in [0, 0.05) is 18.7 Å². The number of hydrazone groups is 1. The molecule has 0 spiro atoms. The average molecular weight is 459 g/mol. The SMILES string of the molecule is Cc1cc(C#N)cc(C(=O)NC(C)C)c1NC(=O)C1CC(Cl)=NN1c1ncccc1Cl. The van der Waals surface area contributed by atoms with Crippen molar-refractivity contribution in [2.75, 3.05) is 10.3 Å². The molecule has 0 fully saturated rings. The Labute approximate surface area is 189 Å². The van der Waals surface area contributed by atoms with Crippen LogP contribution in [0, 0.1) is 18.3 Å². The van der Waals surface area contributed by atoms with Gasteiger partial charge in [0.15, 0.2) is 5.82 Å². The van der Waals surface area contributed by atoms with Gasteiger partial charge in [-0.2, -0.15) is 10.4 Å². The van der Waals surface area contributed by atoms with Gasteiger partial charge in [0.2, 0.25) is 5.91 Å². The first-order chi connectivity index (χ1) is 14.7. The molecule has 10 heteroatoms. The van der Waals surface area contributed by atoms with Crippen LogP contribution in [-0.2, 0) is 4.79 Å². The van der Waals surface area contributed by atoms with Gasteiger partial charge in [-0.15, -0.1) is 0 Å². The summed E-state index contributed by atoms with van der Waals surface area (Å²) in [6.07, 6.45) is 1.69. The molecular weight excluding hydrogens is 439 g/mol. The van der Waals surface area contributed by atoms with Crippen LogP contribution in [-0.4, -0.2) is 34.1 Å². The standard InChI is InChI=1S/C21H20Cl2N6O2/c1-11(2)26-20(30)14-8-13(10-24)7-12(3)18(14)27-21(31)16-9-17(23)28-29(16)19-15(22)5-4-6-25-19/h4-8,11,16H,9H2,1-3H3,(H,26,30)(H,27,31). The second-order valence-corrected chi connectivity index (χ2v) is 8.14. The van der Waals surface area contributed by atoms with Crippen LogP contribution in [0.4, 0.5) is 11.5 Å². The predicted octanol–water partition coefficient (Wildman–Crippen LogP) is 3.82. The molecule has 1 aliphatic rings. The lowest BCUT2D eigenvalue weighted by atomic mass is 10.0. The highest BCUT2D eigenvalue weighted by Gasteiger charge is 2.35. The first-order valence-corrected chi connectivity index (χ1v) is 10.3. The molecule has 1 unspecified atom stereocenters. The van der Waals surface area contributed by atoms with Gasteiger partial charge in [-0.1, -0.05) is 23.2 Å². The van der Waals surface area contributed by atoms with Crippen molar-refractivity contribution in [3.05, 3.63) is 52.2 Å². The maximum atomic E-state index is 13.2. The third kappa shape index (κ3) is 4.95. The molecule has 2 heterocycles. The molecule has 0 saturated heterocycles. The number of nitrogens with one attached hydrogen (secondary N) is 2. The van der Waals surface area contributed by atoms with Gasteiger partial charge >= 0.3 is 0 Å². The molecule has 3 rings (SSSR count). The Bertz CT molecular complexity index is 1110. The summed E-state index contributed by atoms with van der Waals surface area (Å²) in [6, 6.07) is 7.47. The van der Waals surface area contributed by atoms with Gasteiger partial charge in [-0.05, 0) is 50.6 Å². The first kappa shape index (κ1) is 22.5. The van der Waals surface area contributed by atoms with E-state index in [0.29, 0.717) is 27.7 Å². The minimum atomic E-state index is -0.809. The van der Waals surface area contributed by atoms with E-state index in [1.54, 1.807) is 25.1 Å². The fraction of sp³-hybridized carbons (Fsp3) is 0.286. The Morgan fingerprint density at radius 2 is 2.06 bits per heavy atom. The van der Waals surface area contributed by atoms with Crippen LogP contribution in [0.5, 0.6) is 0 Å². The summed E-state index contributed by atoms with van der Waals surface area (Å²) in [5.74, 6) is -0.530. The molecule has 8 nitrogen and oxygen atoms in total. The summed E-state index contributed by atoms with van der Waals surface area (Å²) < 4.78 is 0. The normalized spacial score (nSPS) is 15.5. The zero-order valence-electron chi connectivity index (χ0n) is 17.1. The number of benzene rings is 1. The molecule has 1 aromatic heterocycles. The molecular formula is C21H20Cl2N6O2. The Kier molecular flexibility index (Phi) is 6.78. The van der Waals surface area contributed by atoms with Crippen LogP contribution >= 0.6 is 23.2 Å². The quantitative estimate of drug-likeness (QED) is 0.706. The average Bonchev–Trinajstić information content (AvgIpc) is 3.10. The maximum absolute atomic E-state index is 13.2. The third-order valence-corrected chi connectivity index (χ3v) is 5.03. The second kappa shape index (κ2) is 9.33. The molecule has 1 atom stereocenters. The topological polar surface area (TPSA) is 110 Å². The van der Waals surface area contributed by atoms with E-state index in [9.17, 15) is 14.9 Å². The van der Waals surface area contributed by atoms with Gasteiger partial charge in [0.1, 0.15) is 11.2 Å². The van der Waals surface area contributed by atoms with Crippen LogP contribution < -0.4 is 15.6 Å². The van der Waals surface area contributed by atoms with Gasteiger partial charge in [-0.25, -0.2) is 9.99 Å². The summed E-state index contributed by atoms with van der Waals surface area (Å²) in [4.78, 5) is 30.1. The lowest BCUT2D eigenvalue weighted by molar-refractivity contribution is -0.117. The van der Waals surface area contributed by atoms with Crippen LogP contribution in [0.3, 0.4) is 0 Å². The van der Waals surface area contributed by atoms with Crippen molar-refractivity contribution in [1.82, 2.24) is 10.3 Å². The molecule has 2 aromatic rings. The lowest BCUT2D eigenvalue weighted by Gasteiger charge is -2.23. The summed E-state index contributed by atoms with van der Waals surface area (Å²) in [7, 11) is 0. The Morgan fingerprint density at radius 1 is 1.32 bits per heavy atom. The highest BCUT2D eigenvalue weighted by molar-refractivity contribution is 6.66. The Hall–Kier alpha value is -3.15. The number of aryl methyl sites for hydroxylation is 1. The maximum Gasteiger partial charge on any atom is 0.253 e. The fourth-order valence-corrected chi connectivity index (χ4v) is 3.60. The summed E-state index contributed by atoms with van der Waals surface area (Å²) in [5.41, 5.74) is 1.41. The number of halogens is 2. The molecule has 2 N–H and O–H groups in total. The zero-order chi connectivity index (χ0) is 22.7. The zero-order valence-corrected chi connectivity index (χ0v) is 18.6. The molecule has 31 heavy (non-hydrogen) atoms. The van der Waals surface area contributed by atoms with E-state index in [1.165, 1.54) is 17.3 Å². The fourth-order valence-electron chi connectivity index (χ4n) is 3.16. The number of pyridine rings is 1.